The van der Waals surface area contributed by atoms with Crippen LogP contribution in [-0.2, 0) is 13.1 Å². The SMILES string of the molecule is S=C=NCc1ccc(Sc2ccc(CN=C=S)cc2)cc1. The first-order chi connectivity index (χ1) is 10.3. The van der Waals surface area contributed by atoms with Crippen LogP contribution in [0.1, 0.15) is 11.1 Å². The summed E-state index contributed by atoms with van der Waals surface area (Å²) in [4.78, 5) is 10.2. The molecule has 0 amide bonds. The van der Waals surface area contributed by atoms with Gasteiger partial charge in [0.2, 0.25) is 0 Å². The highest BCUT2D eigenvalue weighted by molar-refractivity contribution is 7.99. The summed E-state index contributed by atoms with van der Waals surface area (Å²) < 4.78 is 0. The first-order valence-corrected chi connectivity index (χ1v) is 7.88. The van der Waals surface area contributed by atoms with Gasteiger partial charge in [-0.15, -0.1) is 0 Å². The Morgan fingerprint density at radius 1 is 0.714 bits per heavy atom. The standard InChI is InChI=1S/C16H12N2S3/c19-11-17-9-13-1-5-15(6-2-13)21-16-7-3-14(4-8-16)10-18-12-20/h1-8H,9-10H2. The molecular formula is C16H12N2S3. The Balaban J connectivity index is 2.00. The Labute approximate surface area is 139 Å². The van der Waals surface area contributed by atoms with Crippen molar-refractivity contribution in [1.29, 1.82) is 0 Å². The molecule has 0 heterocycles. The van der Waals surface area contributed by atoms with Gasteiger partial charge in [-0.1, -0.05) is 36.0 Å². The van der Waals surface area contributed by atoms with Gasteiger partial charge < -0.3 is 0 Å². The second-order valence-electron chi connectivity index (χ2n) is 4.20. The largest absolute Gasteiger partial charge is 0.228 e. The van der Waals surface area contributed by atoms with Gasteiger partial charge in [0.25, 0.3) is 0 Å². The molecule has 2 aromatic rings. The van der Waals surface area contributed by atoms with Crippen LogP contribution in [0.3, 0.4) is 0 Å². The summed E-state index contributed by atoms with van der Waals surface area (Å²) in [7, 11) is 0. The summed E-state index contributed by atoms with van der Waals surface area (Å²) >= 11 is 10.8. The van der Waals surface area contributed by atoms with Gasteiger partial charge in [0, 0.05) is 9.79 Å². The maximum absolute atomic E-state index is 4.56. The maximum Gasteiger partial charge on any atom is 0.0743 e. The van der Waals surface area contributed by atoms with E-state index in [9.17, 15) is 0 Å². The van der Waals surface area contributed by atoms with E-state index in [1.807, 2.05) is 0 Å². The minimum absolute atomic E-state index is 0.587. The van der Waals surface area contributed by atoms with Crippen LogP contribution in [0.4, 0.5) is 0 Å². The lowest BCUT2D eigenvalue weighted by Gasteiger charge is -2.04. The average molecular weight is 328 g/mol. The van der Waals surface area contributed by atoms with E-state index < -0.39 is 0 Å². The van der Waals surface area contributed by atoms with Crippen LogP contribution in [0.2, 0.25) is 0 Å². The zero-order valence-electron chi connectivity index (χ0n) is 11.2. The fraction of sp³-hybridized carbons (Fsp3) is 0.125. The highest BCUT2D eigenvalue weighted by atomic mass is 32.2. The van der Waals surface area contributed by atoms with Gasteiger partial charge in [0.15, 0.2) is 0 Å². The summed E-state index contributed by atoms with van der Waals surface area (Å²) in [6.45, 7) is 1.17. The highest BCUT2D eigenvalue weighted by Gasteiger charge is 1.99. The van der Waals surface area contributed by atoms with Gasteiger partial charge in [0.1, 0.15) is 0 Å². The van der Waals surface area contributed by atoms with Crippen LogP contribution in [0.25, 0.3) is 0 Å². The van der Waals surface area contributed by atoms with E-state index in [-0.39, 0.29) is 0 Å². The summed E-state index contributed by atoms with van der Waals surface area (Å²) in [6.07, 6.45) is 0. The zero-order chi connectivity index (χ0) is 14.9. The molecule has 0 N–H and O–H groups in total. The third kappa shape index (κ3) is 5.35. The predicted molar refractivity (Wildman–Crippen MR) is 94.5 cm³/mol. The van der Waals surface area contributed by atoms with Gasteiger partial charge in [0.05, 0.1) is 23.4 Å². The van der Waals surface area contributed by atoms with E-state index in [2.05, 4.69) is 93.3 Å². The monoisotopic (exact) mass is 328 g/mol. The topological polar surface area (TPSA) is 24.7 Å². The van der Waals surface area contributed by atoms with Gasteiger partial charge in [-0.2, -0.15) is 0 Å². The average Bonchev–Trinajstić information content (AvgIpc) is 2.53. The number of isothiocyanates is 2. The third-order valence-electron chi connectivity index (χ3n) is 2.73. The van der Waals surface area contributed by atoms with Crippen LogP contribution < -0.4 is 0 Å². The molecule has 0 aliphatic heterocycles. The van der Waals surface area contributed by atoms with E-state index in [0.29, 0.717) is 13.1 Å². The lowest BCUT2D eigenvalue weighted by Crippen LogP contribution is -1.82. The lowest BCUT2D eigenvalue weighted by atomic mass is 10.2. The highest BCUT2D eigenvalue weighted by Crippen LogP contribution is 2.28. The molecule has 21 heavy (non-hydrogen) atoms. The Kier molecular flexibility index (Phi) is 6.48. The van der Waals surface area contributed by atoms with Crippen molar-refractivity contribution in [2.75, 3.05) is 0 Å². The lowest BCUT2D eigenvalue weighted by molar-refractivity contribution is 1.07. The number of nitrogens with zero attached hydrogens (tertiary/aromatic N) is 2. The van der Waals surface area contributed by atoms with Crippen LogP contribution in [-0.4, -0.2) is 10.3 Å². The third-order valence-corrected chi connectivity index (χ3v) is 4.01. The molecule has 0 spiro atoms. The summed E-state index contributed by atoms with van der Waals surface area (Å²) in [5.74, 6) is 0. The van der Waals surface area contributed by atoms with Crippen molar-refractivity contribution in [3.63, 3.8) is 0 Å². The Hall–Kier alpha value is -1.61. The van der Waals surface area contributed by atoms with Crippen molar-refractivity contribution in [3.8, 4) is 0 Å². The molecule has 5 heteroatoms. The van der Waals surface area contributed by atoms with E-state index in [4.69, 9.17) is 0 Å². The summed E-state index contributed by atoms with van der Waals surface area (Å²) in [6, 6.07) is 16.6. The number of aliphatic imine (C=N–C) groups is 2. The maximum atomic E-state index is 4.56. The Morgan fingerprint density at radius 2 is 1.10 bits per heavy atom. The zero-order valence-corrected chi connectivity index (χ0v) is 13.6. The van der Waals surface area contributed by atoms with Gasteiger partial charge in [-0.05, 0) is 59.8 Å². The quantitative estimate of drug-likeness (QED) is 0.548. The molecule has 0 radical (unpaired) electrons. The molecule has 0 fully saturated rings. The molecular weight excluding hydrogens is 316 g/mol. The number of hydrogen-bond acceptors (Lipinski definition) is 5. The molecule has 0 bridgehead atoms. The summed E-state index contributed by atoms with van der Waals surface area (Å²) in [5, 5.41) is 4.75. The van der Waals surface area contributed by atoms with Crippen molar-refractivity contribution in [2.45, 2.75) is 22.9 Å². The first kappa shape index (κ1) is 15.8. The van der Waals surface area contributed by atoms with Gasteiger partial charge in [-0.25, -0.2) is 9.98 Å². The summed E-state index contributed by atoms with van der Waals surface area (Å²) in [5.41, 5.74) is 2.26. The van der Waals surface area contributed by atoms with E-state index in [1.165, 1.54) is 9.79 Å². The van der Waals surface area contributed by atoms with Crippen LogP contribution in [0, 0.1) is 0 Å². The fourth-order valence-electron chi connectivity index (χ4n) is 1.71. The van der Waals surface area contributed by atoms with Crippen LogP contribution >= 0.6 is 36.2 Å². The van der Waals surface area contributed by atoms with Crippen molar-refractivity contribution in [3.05, 3.63) is 59.7 Å². The number of thiocarbonyl (C=S) groups is 2. The first-order valence-electron chi connectivity index (χ1n) is 6.25. The molecule has 2 aromatic carbocycles. The molecule has 0 saturated heterocycles. The molecule has 0 atom stereocenters. The van der Waals surface area contributed by atoms with Crippen molar-refractivity contribution >= 4 is 46.5 Å². The predicted octanol–water partition coefficient (Wildman–Crippen LogP) is 5.04. The van der Waals surface area contributed by atoms with Crippen LogP contribution in [0.5, 0.6) is 0 Å². The molecule has 2 rings (SSSR count). The molecule has 0 unspecified atom stereocenters. The smallest absolute Gasteiger partial charge is 0.0743 e. The van der Waals surface area contributed by atoms with Crippen LogP contribution in [0.15, 0.2) is 68.3 Å². The van der Waals surface area contributed by atoms with E-state index in [1.54, 1.807) is 11.8 Å². The Morgan fingerprint density at radius 3 is 1.43 bits per heavy atom. The van der Waals surface area contributed by atoms with Crippen molar-refractivity contribution in [1.82, 2.24) is 0 Å². The van der Waals surface area contributed by atoms with E-state index >= 15 is 0 Å². The van der Waals surface area contributed by atoms with Crippen molar-refractivity contribution in [2.24, 2.45) is 9.98 Å². The molecule has 0 aromatic heterocycles. The molecule has 0 aliphatic rings. The van der Waals surface area contributed by atoms with Crippen molar-refractivity contribution < 1.29 is 0 Å². The van der Waals surface area contributed by atoms with E-state index in [0.717, 1.165) is 11.1 Å². The minimum Gasteiger partial charge on any atom is -0.228 e. The molecule has 104 valence electrons. The number of rotatable bonds is 6. The molecule has 2 nitrogen and oxygen atoms in total. The second kappa shape index (κ2) is 8.63. The fourth-order valence-corrected chi connectivity index (χ4v) is 2.65. The normalized spacial score (nSPS) is 9.52. The number of hydrogen-bond donors (Lipinski definition) is 0. The minimum atomic E-state index is 0.587. The molecule has 0 aliphatic carbocycles. The van der Waals surface area contributed by atoms with Gasteiger partial charge in [-0.3, -0.25) is 0 Å². The molecule has 0 saturated carbocycles. The second-order valence-corrected chi connectivity index (χ2v) is 5.72. The van der Waals surface area contributed by atoms with Gasteiger partial charge >= 0.3 is 0 Å². The number of benzene rings is 2. The Bertz CT molecular complexity index is 619.